The smallest absolute Gasteiger partial charge is 0.407 e. The lowest BCUT2D eigenvalue weighted by molar-refractivity contribution is 0.0484. The highest BCUT2D eigenvalue weighted by atomic mass is 32.1. The number of thiophene rings is 1. The minimum atomic E-state index is -0.470. The molecule has 1 N–H and O–H groups in total. The highest BCUT2D eigenvalue weighted by Crippen LogP contribution is 2.42. The van der Waals surface area contributed by atoms with Crippen molar-refractivity contribution >= 4 is 23.4 Å². The predicted molar refractivity (Wildman–Crippen MR) is 109 cm³/mol. The summed E-state index contributed by atoms with van der Waals surface area (Å²) in [5, 5.41) is 4.94. The van der Waals surface area contributed by atoms with Crippen LogP contribution in [0.5, 0.6) is 0 Å². The van der Waals surface area contributed by atoms with E-state index in [0.29, 0.717) is 17.4 Å². The summed E-state index contributed by atoms with van der Waals surface area (Å²) in [6.45, 7) is 9.87. The maximum Gasteiger partial charge on any atom is 0.407 e. The van der Waals surface area contributed by atoms with Crippen LogP contribution in [-0.2, 0) is 9.47 Å². The fraction of sp³-hybridized carbons (Fsp3) is 0.714. The van der Waals surface area contributed by atoms with E-state index in [1.54, 1.807) is 11.3 Å². The summed E-state index contributed by atoms with van der Waals surface area (Å²) in [6.07, 6.45) is 4.81. The molecule has 1 aliphatic carbocycles. The first-order chi connectivity index (χ1) is 12.7. The molecule has 0 radical (unpaired) electrons. The summed E-state index contributed by atoms with van der Waals surface area (Å²) in [6, 6.07) is 0.184. The van der Waals surface area contributed by atoms with Gasteiger partial charge in [0.15, 0.2) is 0 Å². The molecule has 27 heavy (non-hydrogen) atoms. The van der Waals surface area contributed by atoms with Gasteiger partial charge in [-0.25, -0.2) is 9.59 Å². The van der Waals surface area contributed by atoms with E-state index in [0.717, 1.165) is 37.7 Å². The van der Waals surface area contributed by atoms with Crippen molar-refractivity contribution in [2.24, 2.45) is 5.92 Å². The van der Waals surface area contributed by atoms with E-state index in [9.17, 15) is 9.59 Å². The Morgan fingerprint density at radius 1 is 1.26 bits per heavy atom. The average molecular weight is 396 g/mol. The standard InChI is InChI=1S/C21H33NO4S/c1-7-16(18-13(2)17(12-27-18)19(23)25-6)14-8-10-15(11-9-14)22-20(24)26-21(3,4)5/h12,14-16H,7-11H2,1-6H3,(H,22,24)/t14-,15-,16?. The van der Waals surface area contributed by atoms with Gasteiger partial charge in [-0.2, -0.15) is 0 Å². The van der Waals surface area contributed by atoms with Crippen molar-refractivity contribution < 1.29 is 19.1 Å². The summed E-state index contributed by atoms with van der Waals surface area (Å²) >= 11 is 1.67. The predicted octanol–water partition coefficient (Wildman–Crippen LogP) is 5.42. The van der Waals surface area contributed by atoms with Crippen molar-refractivity contribution in [1.29, 1.82) is 0 Å². The molecular weight excluding hydrogens is 362 g/mol. The molecule has 1 aromatic heterocycles. The number of methoxy groups -OCH3 is 1. The van der Waals surface area contributed by atoms with Crippen LogP contribution in [0.15, 0.2) is 5.38 Å². The molecule has 0 bridgehead atoms. The molecule has 152 valence electrons. The zero-order valence-electron chi connectivity index (χ0n) is 17.4. The van der Waals surface area contributed by atoms with Gasteiger partial charge in [0.1, 0.15) is 5.60 Å². The number of rotatable bonds is 5. The average Bonchev–Trinajstić information content (AvgIpc) is 2.96. The molecule has 5 nitrogen and oxygen atoms in total. The first kappa shape index (κ1) is 21.7. The monoisotopic (exact) mass is 395 g/mol. The van der Waals surface area contributed by atoms with Crippen LogP contribution < -0.4 is 5.32 Å². The Morgan fingerprint density at radius 3 is 2.41 bits per heavy atom. The van der Waals surface area contributed by atoms with Crippen LogP contribution in [0.1, 0.15) is 86.5 Å². The summed E-state index contributed by atoms with van der Waals surface area (Å²) in [4.78, 5) is 25.2. The third-order valence-electron chi connectivity index (χ3n) is 5.32. The number of esters is 1. The van der Waals surface area contributed by atoms with Crippen molar-refractivity contribution in [3.63, 3.8) is 0 Å². The number of ether oxygens (including phenoxy) is 2. The van der Waals surface area contributed by atoms with Crippen LogP contribution in [0.25, 0.3) is 0 Å². The van der Waals surface area contributed by atoms with Gasteiger partial charge in [-0.15, -0.1) is 11.3 Å². The quantitative estimate of drug-likeness (QED) is 0.676. The Hall–Kier alpha value is -1.56. The normalized spacial score (nSPS) is 21.4. The van der Waals surface area contributed by atoms with Crippen molar-refractivity contribution in [2.75, 3.05) is 7.11 Å². The summed E-state index contributed by atoms with van der Waals surface area (Å²) in [5.41, 5.74) is 1.28. The SMILES string of the molecule is CCC(c1scc(C(=O)OC)c1C)[C@H]1CC[C@H](NC(=O)OC(C)(C)C)CC1. The number of hydrogen-bond acceptors (Lipinski definition) is 5. The van der Waals surface area contributed by atoms with Gasteiger partial charge < -0.3 is 14.8 Å². The molecule has 1 aliphatic rings. The second kappa shape index (κ2) is 9.09. The molecule has 0 spiro atoms. The highest BCUT2D eigenvalue weighted by Gasteiger charge is 2.31. The van der Waals surface area contributed by atoms with Gasteiger partial charge in [-0.1, -0.05) is 6.92 Å². The third kappa shape index (κ3) is 5.71. The molecule has 1 saturated carbocycles. The van der Waals surface area contributed by atoms with Crippen LogP contribution >= 0.6 is 11.3 Å². The second-order valence-electron chi connectivity index (χ2n) is 8.40. The Bertz CT molecular complexity index is 654. The number of alkyl carbamates (subject to hydrolysis) is 1. The van der Waals surface area contributed by atoms with Gasteiger partial charge >= 0.3 is 12.1 Å². The van der Waals surface area contributed by atoms with Crippen LogP contribution in [0.3, 0.4) is 0 Å². The molecule has 1 atom stereocenters. The lowest BCUT2D eigenvalue weighted by Gasteiger charge is -2.34. The van der Waals surface area contributed by atoms with Crippen LogP contribution in [0.4, 0.5) is 4.79 Å². The number of hydrogen-bond donors (Lipinski definition) is 1. The molecule has 0 saturated heterocycles. The molecule has 1 aromatic rings. The van der Waals surface area contributed by atoms with Gasteiger partial charge in [-0.3, -0.25) is 0 Å². The molecule has 0 aromatic carbocycles. The molecule has 0 aliphatic heterocycles. The summed E-state index contributed by atoms with van der Waals surface area (Å²) in [5.74, 6) is 0.778. The lowest BCUT2D eigenvalue weighted by atomic mass is 9.76. The second-order valence-corrected chi connectivity index (χ2v) is 9.31. The van der Waals surface area contributed by atoms with Crippen LogP contribution in [0.2, 0.25) is 0 Å². The molecular formula is C21H33NO4S. The minimum Gasteiger partial charge on any atom is -0.465 e. The van der Waals surface area contributed by atoms with E-state index in [1.807, 2.05) is 33.1 Å². The van der Waals surface area contributed by atoms with Crippen LogP contribution in [0, 0.1) is 12.8 Å². The summed E-state index contributed by atoms with van der Waals surface area (Å²) in [7, 11) is 1.43. The van der Waals surface area contributed by atoms with E-state index in [4.69, 9.17) is 9.47 Å². The fourth-order valence-electron chi connectivity index (χ4n) is 3.98. The zero-order valence-corrected chi connectivity index (χ0v) is 18.2. The van der Waals surface area contributed by atoms with Gasteiger partial charge in [0.05, 0.1) is 12.7 Å². The molecule has 1 fully saturated rings. The van der Waals surface area contributed by atoms with Crippen LogP contribution in [-0.4, -0.2) is 30.8 Å². The van der Waals surface area contributed by atoms with Gasteiger partial charge in [0.25, 0.3) is 0 Å². The van der Waals surface area contributed by atoms with Crippen molar-refractivity contribution in [2.45, 2.75) is 84.3 Å². The molecule has 1 heterocycles. The molecule has 1 amide bonds. The van der Waals surface area contributed by atoms with E-state index in [1.165, 1.54) is 12.0 Å². The van der Waals surface area contributed by atoms with E-state index < -0.39 is 5.60 Å². The molecule has 1 unspecified atom stereocenters. The maximum absolute atomic E-state index is 12.0. The zero-order chi connectivity index (χ0) is 20.2. The number of carbonyl (C=O) groups excluding carboxylic acids is 2. The number of nitrogens with one attached hydrogen (secondary N) is 1. The van der Waals surface area contributed by atoms with Gasteiger partial charge in [-0.05, 0) is 77.2 Å². The van der Waals surface area contributed by atoms with Gasteiger partial charge in [0, 0.05) is 16.3 Å². The largest absolute Gasteiger partial charge is 0.465 e. The molecule has 2 rings (SSSR count). The first-order valence-corrected chi connectivity index (χ1v) is 10.7. The number of amides is 1. The maximum atomic E-state index is 12.0. The fourth-order valence-corrected chi connectivity index (χ4v) is 5.32. The molecule has 6 heteroatoms. The summed E-state index contributed by atoms with van der Waals surface area (Å²) < 4.78 is 10.3. The topological polar surface area (TPSA) is 64.6 Å². The Balaban J connectivity index is 1.97. The lowest BCUT2D eigenvalue weighted by Crippen LogP contribution is -2.41. The first-order valence-electron chi connectivity index (χ1n) is 9.82. The van der Waals surface area contributed by atoms with E-state index in [2.05, 4.69) is 12.2 Å². The minimum absolute atomic E-state index is 0.184. The Morgan fingerprint density at radius 2 is 1.89 bits per heavy atom. The highest BCUT2D eigenvalue weighted by molar-refractivity contribution is 7.10. The Kier molecular flexibility index (Phi) is 7.32. The van der Waals surface area contributed by atoms with Gasteiger partial charge in [0.2, 0.25) is 0 Å². The van der Waals surface area contributed by atoms with Crippen molar-refractivity contribution in [1.82, 2.24) is 5.32 Å². The van der Waals surface area contributed by atoms with E-state index in [-0.39, 0.29) is 18.1 Å². The van der Waals surface area contributed by atoms with E-state index >= 15 is 0 Å². The third-order valence-corrected chi connectivity index (χ3v) is 6.54. The van der Waals surface area contributed by atoms with Crippen molar-refractivity contribution in [3.8, 4) is 0 Å². The number of carbonyl (C=O) groups is 2. The van der Waals surface area contributed by atoms with Crippen molar-refractivity contribution in [3.05, 3.63) is 21.4 Å². The Labute approximate surface area is 166 Å².